The highest BCUT2D eigenvalue weighted by Gasteiger charge is 2.18. The molecule has 2 N–H and O–H groups in total. The first-order chi connectivity index (χ1) is 13.5. The second-order valence-electron chi connectivity index (χ2n) is 6.76. The highest BCUT2D eigenvalue weighted by atomic mass is 16.6. The molecule has 8 heteroatoms. The van der Waals surface area contributed by atoms with E-state index in [-0.39, 0.29) is 24.0 Å². The summed E-state index contributed by atoms with van der Waals surface area (Å²) in [6.07, 6.45) is 2.58. The molecule has 3 rings (SSSR count). The minimum Gasteiger partial charge on any atom is -0.496 e. The molecule has 1 saturated heterocycles. The van der Waals surface area contributed by atoms with Crippen LogP contribution in [0.3, 0.4) is 0 Å². The fourth-order valence-corrected chi connectivity index (χ4v) is 3.28. The van der Waals surface area contributed by atoms with Gasteiger partial charge in [-0.1, -0.05) is 12.1 Å². The van der Waals surface area contributed by atoms with Gasteiger partial charge in [0.25, 0.3) is 5.91 Å². The molecule has 2 aromatic carbocycles. The number of hydrogen-bond donors (Lipinski definition) is 2. The average Bonchev–Trinajstić information content (AvgIpc) is 3.20. The Hall–Kier alpha value is -3.13. The average molecular weight is 386 g/mol. The number of likely N-dealkylation sites (tertiary alicyclic amines) is 1. The second kappa shape index (κ2) is 9.18. The number of methoxy groups -OCH3 is 1. The number of rotatable bonds is 8. The van der Waals surface area contributed by atoms with E-state index in [9.17, 15) is 14.9 Å². The molecule has 0 unspecified atom stereocenters. The van der Waals surface area contributed by atoms with Crippen LogP contribution in [0.1, 0.15) is 18.4 Å². The monoisotopic (exact) mass is 386 g/mol. The number of hydrogen-bond acceptors (Lipinski definition) is 5. The molecule has 2 aromatic rings. The highest BCUT2D eigenvalue weighted by molar-refractivity contribution is 5.91. The fourth-order valence-electron chi connectivity index (χ4n) is 3.28. The number of benzene rings is 2. The first-order valence-corrected chi connectivity index (χ1v) is 9.23. The van der Waals surface area contributed by atoms with E-state index in [1.807, 2.05) is 24.3 Å². The van der Waals surface area contributed by atoms with E-state index in [2.05, 4.69) is 5.32 Å². The van der Waals surface area contributed by atoms with Crippen molar-refractivity contribution in [3.63, 3.8) is 0 Å². The Morgan fingerprint density at radius 1 is 1.18 bits per heavy atom. The Kier molecular flexibility index (Phi) is 6.44. The number of nitro benzene ring substituents is 1. The lowest BCUT2D eigenvalue weighted by molar-refractivity contribution is -0.901. The van der Waals surface area contributed by atoms with Crippen molar-refractivity contribution in [2.75, 3.05) is 32.1 Å². The predicted molar refractivity (Wildman–Crippen MR) is 104 cm³/mol. The van der Waals surface area contributed by atoms with E-state index in [0.29, 0.717) is 11.4 Å². The van der Waals surface area contributed by atoms with Crippen LogP contribution in [0, 0.1) is 10.1 Å². The molecular formula is C20H24N3O5+. The predicted octanol–water partition coefficient (Wildman–Crippen LogP) is 1.80. The Bertz CT molecular complexity index is 832. The molecule has 1 aliphatic heterocycles. The third-order valence-electron chi connectivity index (χ3n) is 4.72. The lowest BCUT2D eigenvalue weighted by atomic mass is 10.2. The number of nitrogens with one attached hydrogen (secondary N) is 2. The fraction of sp³-hybridized carbons (Fsp3) is 0.350. The van der Waals surface area contributed by atoms with Gasteiger partial charge in [0.1, 0.15) is 12.3 Å². The van der Waals surface area contributed by atoms with Gasteiger partial charge in [0.15, 0.2) is 12.4 Å². The van der Waals surface area contributed by atoms with Crippen LogP contribution in [-0.4, -0.2) is 37.6 Å². The molecule has 8 nitrogen and oxygen atoms in total. The Labute approximate surface area is 163 Å². The Balaban J connectivity index is 1.53. The van der Waals surface area contributed by atoms with E-state index in [4.69, 9.17) is 9.47 Å². The quantitative estimate of drug-likeness (QED) is 0.533. The number of carbonyl (C=O) groups excluding carboxylic acids is 1. The van der Waals surface area contributed by atoms with Crippen molar-refractivity contribution < 1.29 is 24.1 Å². The number of carbonyl (C=O) groups is 1. The number of nitro groups is 1. The summed E-state index contributed by atoms with van der Waals surface area (Å²) >= 11 is 0. The maximum absolute atomic E-state index is 12.1. The first-order valence-electron chi connectivity index (χ1n) is 9.23. The molecular weight excluding hydrogens is 362 g/mol. The van der Waals surface area contributed by atoms with E-state index >= 15 is 0 Å². The smallest absolute Gasteiger partial charge is 0.314 e. The molecule has 1 fully saturated rings. The van der Waals surface area contributed by atoms with Crippen molar-refractivity contribution in [3.05, 3.63) is 58.1 Å². The molecule has 148 valence electrons. The summed E-state index contributed by atoms with van der Waals surface area (Å²) in [5.41, 5.74) is 1.65. The topological polar surface area (TPSA) is 95.1 Å². The molecule has 1 heterocycles. The molecule has 28 heavy (non-hydrogen) atoms. The largest absolute Gasteiger partial charge is 0.496 e. The Morgan fingerprint density at radius 3 is 2.54 bits per heavy atom. The third kappa shape index (κ3) is 5.20. The van der Waals surface area contributed by atoms with Gasteiger partial charge in [-0.25, -0.2) is 0 Å². The molecule has 0 aliphatic carbocycles. The molecule has 0 atom stereocenters. The van der Waals surface area contributed by atoms with Crippen molar-refractivity contribution in [2.24, 2.45) is 0 Å². The van der Waals surface area contributed by atoms with Crippen LogP contribution >= 0.6 is 0 Å². The van der Waals surface area contributed by atoms with Crippen LogP contribution in [0.4, 0.5) is 11.4 Å². The maximum atomic E-state index is 12.1. The maximum Gasteiger partial charge on any atom is 0.314 e. The van der Waals surface area contributed by atoms with E-state index in [1.165, 1.54) is 50.7 Å². The van der Waals surface area contributed by atoms with Gasteiger partial charge in [0.05, 0.1) is 31.2 Å². The SMILES string of the molecule is COc1ccc(OCC(=O)Nc2ccc(C[NH+]3CCCC3)cc2)c([N+](=O)[O-])c1. The number of nitrogens with zero attached hydrogens (tertiary/aromatic N) is 1. The molecule has 0 radical (unpaired) electrons. The van der Waals surface area contributed by atoms with Gasteiger partial charge in [-0.3, -0.25) is 14.9 Å². The summed E-state index contributed by atoms with van der Waals surface area (Å²) in [4.78, 5) is 24.3. The zero-order chi connectivity index (χ0) is 19.9. The van der Waals surface area contributed by atoms with Crippen LogP contribution in [0.15, 0.2) is 42.5 Å². The van der Waals surface area contributed by atoms with Gasteiger partial charge in [-0.2, -0.15) is 0 Å². The molecule has 1 aliphatic rings. The molecule has 0 spiro atoms. The van der Waals surface area contributed by atoms with E-state index in [0.717, 1.165) is 6.54 Å². The summed E-state index contributed by atoms with van der Waals surface area (Å²) < 4.78 is 10.3. The standard InChI is InChI=1S/C20H23N3O5/c1-27-17-8-9-19(18(12-17)23(25)26)28-14-20(24)21-16-6-4-15(5-7-16)13-22-10-2-3-11-22/h4-9,12H,2-3,10-11,13-14H2,1H3,(H,21,24)/p+1. The molecule has 0 aromatic heterocycles. The van der Waals surface area contributed by atoms with Gasteiger partial charge >= 0.3 is 5.69 Å². The minimum atomic E-state index is -0.573. The van der Waals surface area contributed by atoms with Crippen LogP contribution in [0.5, 0.6) is 11.5 Å². The summed E-state index contributed by atoms with van der Waals surface area (Å²) in [6.45, 7) is 3.10. The normalized spacial score (nSPS) is 13.9. The van der Waals surface area contributed by atoms with Crippen LogP contribution < -0.4 is 19.7 Å². The summed E-state index contributed by atoms with van der Waals surface area (Å²) in [7, 11) is 1.42. The second-order valence-corrected chi connectivity index (χ2v) is 6.76. The third-order valence-corrected chi connectivity index (χ3v) is 4.72. The summed E-state index contributed by atoms with van der Waals surface area (Å²) in [5, 5.41) is 13.9. The van der Waals surface area contributed by atoms with Crippen molar-refractivity contribution in [1.82, 2.24) is 0 Å². The van der Waals surface area contributed by atoms with Gasteiger partial charge in [-0.15, -0.1) is 0 Å². The summed E-state index contributed by atoms with van der Waals surface area (Å²) in [5.74, 6) is -0.0210. The van der Waals surface area contributed by atoms with Crippen molar-refractivity contribution in [3.8, 4) is 11.5 Å². The van der Waals surface area contributed by atoms with Crippen molar-refractivity contribution >= 4 is 17.3 Å². The van der Waals surface area contributed by atoms with Gasteiger partial charge in [-0.05, 0) is 24.3 Å². The zero-order valence-electron chi connectivity index (χ0n) is 15.8. The lowest BCUT2D eigenvalue weighted by Gasteiger charge is -2.12. The van der Waals surface area contributed by atoms with E-state index in [1.54, 1.807) is 11.0 Å². The highest BCUT2D eigenvalue weighted by Crippen LogP contribution is 2.30. The minimum absolute atomic E-state index is 0.0184. The zero-order valence-corrected chi connectivity index (χ0v) is 15.8. The van der Waals surface area contributed by atoms with Crippen LogP contribution in [0.2, 0.25) is 0 Å². The number of anilines is 1. The number of quaternary nitrogens is 1. The van der Waals surface area contributed by atoms with Gasteiger partial charge < -0.3 is 19.7 Å². The summed E-state index contributed by atoms with van der Waals surface area (Å²) in [6, 6.07) is 12.0. The number of ether oxygens (including phenoxy) is 2. The van der Waals surface area contributed by atoms with Crippen LogP contribution in [0.25, 0.3) is 0 Å². The van der Waals surface area contributed by atoms with Gasteiger partial charge in [0, 0.05) is 24.1 Å². The molecule has 0 bridgehead atoms. The number of amides is 1. The van der Waals surface area contributed by atoms with E-state index < -0.39 is 4.92 Å². The van der Waals surface area contributed by atoms with Crippen molar-refractivity contribution in [1.29, 1.82) is 0 Å². The lowest BCUT2D eigenvalue weighted by Crippen LogP contribution is -3.08. The van der Waals surface area contributed by atoms with Crippen molar-refractivity contribution in [2.45, 2.75) is 19.4 Å². The Morgan fingerprint density at radius 2 is 1.89 bits per heavy atom. The van der Waals surface area contributed by atoms with Crippen LogP contribution in [-0.2, 0) is 11.3 Å². The molecule has 0 saturated carbocycles. The van der Waals surface area contributed by atoms with Gasteiger partial charge in [0.2, 0.25) is 0 Å². The molecule has 1 amide bonds. The first kappa shape index (κ1) is 19.6.